The SMILES string of the molecule is CCn1nc(C)c(Cl)c1CSc1ccc(Cl)cc1N. The van der Waals surface area contributed by atoms with E-state index in [0.717, 1.165) is 33.6 Å². The highest BCUT2D eigenvalue weighted by Gasteiger charge is 2.13. The largest absolute Gasteiger partial charge is 0.398 e. The third kappa shape index (κ3) is 3.19. The van der Waals surface area contributed by atoms with E-state index in [0.29, 0.717) is 10.7 Å². The van der Waals surface area contributed by atoms with E-state index in [1.165, 1.54) is 0 Å². The molecule has 0 amide bonds. The first-order valence-electron chi connectivity index (χ1n) is 5.92. The zero-order valence-electron chi connectivity index (χ0n) is 10.8. The average Bonchev–Trinajstić information content (AvgIpc) is 2.65. The highest BCUT2D eigenvalue weighted by molar-refractivity contribution is 7.98. The number of rotatable bonds is 4. The number of benzene rings is 1. The molecule has 0 spiro atoms. The van der Waals surface area contributed by atoms with E-state index in [1.807, 2.05) is 30.7 Å². The van der Waals surface area contributed by atoms with Crippen molar-refractivity contribution in [3.8, 4) is 0 Å². The fourth-order valence-electron chi connectivity index (χ4n) is 1.80. The minimum absolute atomic E-state index is 0.648. The lowest BCUT2D eigenvalue weighted by Crippen LogP contribution is -2.01. The van der Waals surface area contributed by atoms with Crippen LogP contribution in [0.25, 0.3) is 0 Å². The van der Waals surface area contributed by atoms with Crippen molar-refractivity contribution in [1.82, 2.24) is 9.78 Å². The fraction of sp³-hybridized carbons (Fsp3) is 0.308. The predicted octanol–water partition coefficient (Wildman–Crippen LogP) is 4.39. The van der Waals surface area contributed by atoms with E-state index >= 15 is 0 Å². The Hall–Kier alpha value is -0.840. The van der Waals surface area contributed by atoms with Crippen LogP contribution < -0.4 is 5.73 Å². The van der Waals surface area contributed by atoms with Gasteiger partial charge in [-0.2, -0.15) is 5.10 Å². The summed E-state index contributed by atoms with van der Waals surface area (Å²) < 4.78 is 1.93. The van der Waals surface area contributed by atoms with Gasteiger partial charge in [-0.25, -0.2) is 0 Å². The Morgan fingerprint density at radius 2 is 2.11 bits per heavy atom. The summed E-state index contributed by atoms with van der Waals surface area (Å²) >= 11 is 13.8. The molecule has 0 unspecified atom stereocenters. The number of nitrogens with zero attached hydrogens (tertiary/aromatic N) is 2. The molecule has 0 aliphatic carbocycles. The van der Waals surface area contributed by atoms with Crippen molar-refractivity contribution in [2.24, 2.45) is 0 Å². The molecule has 2 N–H and O–H groups in total. The van der Waals surface area contributed by atoms with Crippen molar-refractivity contribution in [2.45, 2.75) is 31.0 Å². The molecule has 2 rings (SSSR count). The molecule has 0 aliphatic rings. The quantitative estimate of drug-likeness (QED) is 0.672. The lowest BCUT2D eigenvalue weighted by atomic mass is 10.3. The maximum atomic E-state index is 6.27. The molecule has 1 aromatic carbocycles. The standard InChI is InChI=1S/C13H15Cl2N3S/c1-3-18-11(13(15)8(2)17-18)7-19-12-5-4-9(14)6-10(12)16/h4-6H,3,7,16H2,1-2H3. The molecule has 102 valence electrons. The predicted molar refractivity (Wildman–Crippen MR) is 83.1 cm³/mol. The van der Waals surface area contributed by atoms with Crippen LogP contribution in [0.1, 0.15) is 18.3 Å². The number of aromatic nitrogens is 2. The Morgan fingerprint density at radius 3 is 2.74 bits per heavy atom. The molecule has 1 aromatic heterocycles. The monoisotopic (exact) mass is 315 g/mol. The third-order valence-corrected chi connectivity index (χ3v) is 4.62. The molecule has 0 saturated carbocycles. The van der Waals surface area contributed by atoms with Crippen LogP contribution in [-0.2, 0) is 12.3 Å². The van der Waals surface area contributed by atoms with Crippen molar-refractivity contribution in [3.05, 3.63) is 39.6 Å². The van der Waals surface area contributed by atoms with E-state index in [1.54, 1.807) is 17.8 Å². The van der Waals surface area contributed by atoms with Crippen molar-refractivity contribution in [3.63, 3.8) is 0 Å². The van der Waals surface area contributed by atoms with E-state index in [2.05, 4.69) is 5.10 Å². The van der Waals surface area contributed by atoms with Crippen LogP contribution in [0.15, 0.2) is 23.1 Å². The minimum atomic E-state index is 0.648. The number of hydrogen-bond acceptors (Lipinski definition) is 3. The fourth-order valence-corrected chi connectivity index (χ4v) is 3.24. The lowest BCUT2D eigenvalue weighted by Gasteiger charge is -2.07. The van der Waals surface area contributed by atoms with Gasteiger partial charge in [-0.3, -0.25) is 4.68 Å². The summed E-state index contributed by atoms with van der Waals surface area (Å²) in [7, 11) is 0. The van der Waals surface area contributed by atoms with Gasteiger partial charge in [-0.05, 0) is 32.0 Å². The van der Waals surface area contributed by atoms with Gasteiger partial charge in [0.1, 0.15) is 0 Å². The molecular weight excluding hydrogens is 301 g/mol. The second kappa shape index (κ2) is 6.07. The van der Waals surface area contributed by atoms with Crippen LogP contribution in [0.4, 0.5) is 5.69 Å². The molecule has 0 aliphatic heterocycles. The first-order chi connectivity index (χ1) is 9.02. The Bertz CT molecular complexity index is 596. The number of anilines is 1. The third-order valence-electron chi connectivity index (χ3n) is 2.79. The zero-order valence-corrected chi connectivity index (χ0v) is 13.1. The molecule has 0 atom stereocenters. The van der Waals surface area contributed by atoms with Crippen LogP contribution in [0.5, 0.6) is 0 Å². The lowest BCUT2D eigenvalue weighted by molar-refractivity contribution is 0.632. The Morgan fingerprint density at radius 1 is 1.37 bits per heavy atom. The summed E-state index contributed by atoms with van der Waals surface area (Å²) in [6.07, 6.45) is 0. The Labute approximate surface area is 127 Å². The first kappa shape index (κ1) is 14.6. The normalized spacial score (nSPS) is 10.9. The topological polar surface area (TPSA) is 43.8 Å². The van der Waals surface area contributed by atoms with Gasteiger partial charge in [0, 0.05) is 27.9 Å². The van der Waals surface area contributed by atoms with Crippen molar-refractivity contribution in [2.75, 3.05) is 5.73 Å². The minimum Gasteiger partial charge on any atom is -0.398 e. The average molecular weight is 316 g/mol. The van der Waals surface area contributed by atoms with E-state index < -0.39 is 0 Å². The molecule has 0 saturated heterocycles. The molecule has 0 fully saturated rings. The van der Waals surface area contributed by atoms with Gasteiger partial charge in [-0.1, -0.05) is 23.2 Å². The number of halogens is 2. The van der Waals surface area contributed by atoms with Gasteiger partial charge in [0.05, 0.1) is 16.4 Å². The van der Waals surface area contributed by atoms with Gasteiger partial charge < -0.3 is 5.73 Å². The first-order valence-corrected chi connectivity index (χ1v) is 7.66. The smallest absolute Gasteiger partial charge is 0.0855 e. The van der Waals surface area contributed by atoms with Gasteiger partial charge in [0.25, 0.3) is 0 Å². The Balaban J connectivity index is 2.18. The maximum absolute atomic E-state index is 6.27. The van der Waals surface area contributed by atoms with Gasteiger partial charge >= 0.3 is 0 Å². The van der Waals surface area contributed by atoms with Gasteiger partial charge in [0.2, 0.25) is 0 Å². The summed E-state index contributed by atoms with van der Waals surface area (Å²) in [6.45, 7) is 4.77. The van der Waals surface area contributed by atoms with Crippen molar-refractivity contribution >= 4 is 40.7 Å². The summed E-state index contributed by atoms with van der Waals surface area (Å²) in [6, 6.07) is 5.52. The zero-order chi connectivity index (χ0) is 14.0. The summed E-state index contributed by atoms with van der Waals surface area (Å²) in [5.74, 6) is 0.735. The van der Waals surface area contributed by atoms with E-state index in [4.69, 9.17) is 28.9 Å². The number of nitrogens with two attached hydrogens (primary N) is 1. The number of aryl methyl sites for hydroxylation is 2. The number of thioether (sulfide) groups is 1. The Kier molecular flexibility index (Phi) is 4.66. The molecule has 6 heteroatoms. The summed E-state index contributed by atoms with van der Waals surface area (Å²) in [5.41, 5.74) is 8.52. The summed E-state index contributed by atoms with van der Waals surface area (Å²) in [5, 5.41) is 5.78. The van der Waals surface area contributed by atoms with Crippen molar-refractivity contribution < 1.29 is 0 Å². The molecule has 0 radical (unpaired) electrons. The highest BCUT2D eigenvalue weighted by Crippen LogP contribution is 2.32. The van der Waals surface area contributed by atoms with Crippen molar-refractivity contribution in [1.29, 1.82) is 0 Å². The maximum Gasteiger partial charge on any atom is 0.0855 e. The molecule has 3 nitrogen and oxygen atoms in total. The van der Waals surface area contributed by atoms with Crippen LogP contribution in [0.2, 0.25) is 10.0 Å². The van der Waals surface area contributed by atoms with Crippen LogP contribution >= 0.6 is 35.0 Å². The molecule has 1 heterocycles. The number of nitrogen functional groups attached to an aromatic ring is 1. The second-order valence-corrected chi connectivity index (χ2v) is 5.96. The molecular formula is C13H15Cl2N3S. The molecule has 19 heavy (non-hydrogen) atoms. The summed E-state index contributed by atoms with van der Waals surface area (Å²) in [4.78, 5) is 1.00. The highest BCUT2D eigenvalue weighted by atomic mass is 35.5. The molecule has 0 bridgehead atoms. The van der Waals surface area contributed by atoms with E-state index in [9.17, 15) is 0 Å². The van der Waals surface area contributed by atoms with Crippen LogP contribution in [0, 0.1) is 6.92 Å². The van der Waals surface area contributed by atoms with Crippen LogP contribution in [-0.4, -0.2) is 9.78 Å². The van der Waals surface area contributed by atoms with Gasteiger partial charge in [-0.15, -0.1) is 11.8 Å². The van der Waals surface area contributed by atoms with E-state index in [-0.39, 0.29) is 0 Å². The number of hydrogen-bond donors (Lipinski definition) is 1. The van der Waals surface area contributed by atoms with Crippen LogP contribution in [0.3, 0.4) is 0 Å². The van der Waals surface area contributed by atoms with Gasteiger partial charge in [0.15, 0.2) is 0 Å². The molecule has 2 aromatic rings. The second-order valence-electron chi connectivity index (χ2n) is 4.13.